The molecule has 132 valence electrons. The summed E-state index contributed by atoms with van der Waals surface area (Å²) in [7, 11) is 0. The molecule has 1 aliphatic carbocycles. The molecule has 0 radical (unpaired) electrons. The van der Waals surface area contributed by atoms with Crippen molar-refractivity contribution in [3.05, 3.63) is 10.4 Å². The van der Waals surface area contributed by atoms with Crippen LogP contribution in [0.2, 0.25) is 0 Å². The van der Waals surface area contributed by atoms with E-state index < -0.39 is 0 Å². The monoisotopic (exact) mass is 365 g/mol. The van der Waals surface area contributed by atoms with Gasteiger partial charge in [-0.15, -0.1) is 11.3 Å². The maximum atomic E-state index is 5.65. The lowest BCUT2D eigenvalue weighted by Crippen LogP contribution is -2.09. The zero-order chi connectivity index (χ0) is 16.8. The summed E-state index contributed by atoms with van der Waals surface area (Å²) in [5.41, 5.74) is 1.50. The third-order valence-electron chi connectivity index (χ3n) is 4.38. The van der Waals surface area contributed by atoms with Gasteiger partial charge in [-0.1, -0.05) is 25.1 Å². The second-order valence-electron chi connectivity index (χ2n) is 6.20. The van der Waals surface area contributed by atoms with E-state index in [1.165, 1.54) is 47.9 Å². The van der Waals surface area contributed by atoms with E-state index in [0.29, 0.717) is 0 Å². The van der Waals surface area contributed by atoms with Crippen molar-refractivity contribution < 1.29 is 4.74 Å². The highest BCUT2D eigenvalue weighted by Gasteiger charge is 2.20. The van der Waals surface area contributed by atoms with Crippen LogP contribution in [0.3, 0.4) is 0 Å². The lowest BCUT2D eigenvalue weighted by molar-refractivity contribution is 0.131. The summed E-state index contributed by atoms with van der Waals surface area (Å²) in [5.74, 6) is 1.03. The maximum absolute atomic E-state index is 5.65. The zero-order valence-corrected chi connectivity index (χ0v) is 16.3. The van der Waals surface area contributed by atoms with Crippen LogP contribution in [0.4, 0.5) is 5.82 Å². The Balaban J connectivity index is 1.70. The molecule has 1 N–H and O–H groups in total. The highest BCUT2D eigenvalue weighted by Crippen LogP contribution is 2.39. The molecule has 2 heterocycles. The fourth-order valence-corrected chi connectivity index (χ4v) is 4.77. The second kappa shape index (κ2) is 9.02. The number of nitrogens with one attached hydrogen (secondary N) is 1. The van der Waals surface area contributed by atoms with Gasteiger partial charge in [0.25, 0.3) is 0 Å². The van der Waals surface area contributed by atoms with E-state index >= 15 is 0 Å². The van der Waals surface area contributed by atoms with Gasteiger partial charge in [0, 0.05) is 24.6 Å². The molecule has 0 aromatic carbocycles. The van der Waals surface area contributed by atoms with Gasteiger partial charge >= 0.3 is 0 Å². The van der Waals surface area contributed by atoms with Gasteiger partial charge in [0.15, 0.2) is 5.16 Å². The van der Waals surface area contributed by atoms with Gasteiger partial charge in [-0.05, 0) is 50.3 Å². The number of ether oxygens (including phenoxy) is 1. The molecule has 0 saturated carbocycles. The molecule has 0 spiro atoms. The van der Waals surface area contributed by atoms with Crippen LogP contribution in [0, 0.1) is 0 Å². The van der Waals surface area contributed by atoms with Crippen molar-refractivity contribution in [3.63, 3.8) is 0 Å². The molecule has 24 heavy (non-hydrogen) atoms. The number of hydrogen-bond acceptors (Lipinski definition) is 6. The molecule has 4 nitrogen and oxygen atoms in total. The predicted octanol–water partition coefficient (Wildman–Crippen LogP) is 4.91. The Morgan fingerprint density at radius 2 is 2.00 bits per heavy atom. The first-order valence-electron chi connectivity index (χ1n) is 9.01. The molecule has 3 rings (SSSR count). The normalized spacial score (nSPS) is 14.1. The lowest BCUT2D eigenvalue weighted by Gasteiger charge is -2.13. The SMILES string of the molecule is CCCCOCCCNc1nc(SC)nc2sc3c(c12)CCCC3. The van der Waals surface area contributed by atoms with Crippen LogP contribution in [0.15, 0.2) is 5.16 Å². The number of aromatic nitrogens is 2. The highest BCUT2D eigenvalue weighted by atomic mass is 32.2. The number of thioether (sulfide) groups is 1. The molecular weight excluding hydrogens is 338 g/mol. The van der Waals surface area contributed by atoms with E-state index in [2.05, 4.69) is 12.2 Å². The van der Waals surface area contributed by atoms with Crippen LogP contribution in [-0.4, -0.2) is 36.0 Å². The number of rotatable bonds is 9. The largest absolute Gasteiger partial charge is 0.381 e. The molecule has 1 aliphatic rings. The average Bonchev–Trinajstić information content (AvgIpc) is 2.99. The van der Waals surface area contributed by atoms with Gasteiger partial charge in [0.2, 0.25) is 0 Å². The van der Waals surface area contributed by atoms with E-state index in [9.17, 15) is 0 Å². The molecule has 2 aromatic rings. The first-order valence-corrected chi connectivity index (χ1v) is 11.1. The van der Waals surface area contributed by atoms with Crippen LogP contribution in [0.1, 0.15) is 49.5 Å². The summed E-state index contributed by atoms with van der Waals surface area (Å²) in [5, 5.41) is 5.69. The van der Waals surface area contributed by atoms with Crippen molar-refractivity contribution in [1.82, 2.24) is 9.97 Å². The first-order chi connectivity index (χ1) is 11.8. The number of unbranched alkanes of at least 4 members (excludes halogenated alkanes) is 1. The van der Waals surface area contributed by atoms with Crippen LogP contribution < -0.4 is 5.32 Å². The Labute approximate surface area is 152 Å². The fraction of sp³-hybridized carbons (Fsp3) is 0.667. The average molecular weight is 366 g/mol. The molecule has 2 aromatic heterocycles. The standard InChI is InChI=1S/C18H27N3OS2/c1-3-4-11-22-12-7-10-19-16-15-13-8-5-6-9-14(13)24-17(15)21-18(20-16)23-2/h3-12H2,1-2H3,(H,19,20,21). The van der Waals surface area contributed by atoms with Crippen molar-refractivity contribution in [2.45, 2.75) is 57.0 Å². The number of nitrogens with zero attached hydrogens (tertiary/aromatic N) is 2. The molecule has 0 bridgehead atoms. The summed E-state index contributed by atoms with van der Waals surface area (Å²) in [6.45, 7) is 4.79. The lowest BCUT2D eigenvalue weighted by atomic mass is 9.97. The Bertz CT molecular complexity index is 672. The summed E-state index contributed by atoms with van der Waals surface area (Å²) < 4.78 is 5.65. The molecule has 0 fully saturated rings. The van der Waals surface area contributed by atoms with E-state index in [1.807, 2.05) is 17.6 Å². The molecule has 0 atom stereocenters. The minimum Gasteiger partial charge on any atom is -0.381 e. The molecule has 0 unspecified atom stereocenters. The summed E-state index contributed by atoms with van der Waals surface area (Å²) >= 11 is 3.48. The van der Waals surface area contributed by atoms with Gasteiger partial charge in [0.05, 0.1) is 5.39 Å². The number of anilines is 1. The van der Waals surface area contributed by atoms with Crippen molar-refractivity contribution in [2.75, 3.05) is 31.3 Å². The van der Waals surface area contributed by atoms with E-state index in [4.69, 9.17) is 14.7 Å². The summed E-state index contributed by atoms with van der Waals surface area (Å²) in [6.07, 6.45) is 10.4. The Hall–Kier alpha value is -0.850. The Morgan fingerprint density at radius 3 is 2.83 bits per heavy atom. The molecule has 0 saturated heterocycles. The van der Waals surface area contributed by atoms with Crippen LogP contribution in [0.5, 0.6) is 0 Å². The molecule has 0 aliphatic heterocycles. The predicted molar refractivity (Wildman–Crippen MR) is 105 cm³/mol. The Kier molecular flexibility index (Phi) is 6.75. The zero-order valence-electron chi connectivity index (χ0n) is 14.7. The summed E-state index contributed by atoms with van der Waals surface area (Å²) in [6, 6.07) is 0. The number of aryl methyl sites for hydroxylation is 2. The van der Waals surface area contributed by atoms with Crippen molar-refractivity contribution in [2.24, 2.45) is 0 Å². The minimum atomic E-state index is 0.818. The third kappa shape index (κ3) is 4.21. The van der Waals surface area contributed by atoms with Gasteiger partial charge in [-0.3, -0.25) is 0 Å². The number of hydrogen-bond donors (Lipinski definition) is 1. The van der Waals surface area contributed by atoms with Crippen molar-refractivity contribution in [1.29, 1.82) is 0 Å². The van der Waals surface area contributed by atoms with Gasteiger partial charge in [-0.25, -0.2) is 9.97 Å². The third-order valence-corrected chi connectivity index (χ3v) is 6.11. The highest BCUT2D eigenvalue weighted by molar-refractivity contribution is 7.98. The van der Waals surface area contributed by atoms with E-state index in [1.54, 1.807) is 11.8 Å². The fourth-order valence-electron chi connectivity index (χ4n) is 3.09. The van der Waals surface area contributed by atoms with Crippen LogP contribution in [-0.2, 0) is 17.6 Å². The van der Waals surface area contributed by atoms with Crippen molar-refractivity contribution >= 4 is 39.1 Å². The van der Waals surface area contributed by atoms with E-state index in [0.717, 1.165) is 48.4 Å². The second-order valence-corrected chi connectivity index (χ2v) is 8.05. The smallest absolute Gasteiger partial charge is 0.190 e. The quantitative estimate of drug-likeness (QED) is 0.389. The maximum Gasteiger partial charge on any atom is 0.190 e. The number of fused-ring (bicyclic) bond motifs is 3. The van der Waals surface area contributed by atoms with Crippen molar-refractivity contribution in [3.8, 4) is 0 Å². The molecule has 0 amide bonds. The van der Waals surface area contributed by atoms with Gasteiger partial charge in [0.1, 0.15) is 10.6 Å². The van der Waals surface area contributed by atoms with E-state index in [-0.39, 0.29) is 0 Å². The minimum absolute atomic E-state index is 0.818. The van der Waals surface area contributed by atoms with Gasteiger partial charge < -0.3 is 10.1 Å². The molecule has 6 heteroatoms. The van der Waals surface area contributed by atoms with Crippen LogP contribution >= 0.6 is 23.1 Å². The topological polar surface area (TPSA) is 47.0 Å². The Morgan fingerprint density at radius 1 is 1.17 bits per heavy atom. The first kappa shape index (κ1) is 18.0. The summed E-state index contributed by atoms with van der Waals surface area (Å²) in [4.78, 5) is 12.2. The molecular formula is C18H27N3OS2. The number of thiophene rings is 1. The van der Waals surface area contributed by atoms with Gasteiger partial charge in [-0.2, -0.15) is 0 Å². The van der Waals surface area contributed by atoms with Crippen LogP contribution in [0.25, 0.3) is 10.2 Å².